The van der Waals surface area contributed by atoms with Gasteiger partial charge in [-0.15, -0.1) is 22.7 Å². The van der Waals surface area contributed by atoms with Crippen LogP contribution < -0.4 is 14.2 Å². The second-order valence-electron chi connectivity index (χ2n) is 9.98. The van der Waals surface area contributed by atoms with Gasteiger partial charge in [0.15, 0.2) is 40.4 Å². The van der Waals surface area contributed by atoms with E-state index in [2.05, 4.69) is 6.58 Å². The van der Waals surface area contributed by atoms with Crippen LogP contribution in [0.2, 0.25) is 0 Å². The Hall–Kier alpha value is -4.36. The number of carbonyl (C=O) groups excluding carboxylic acids is 3. The molecule has 0 spiro atoms. The van der Waals surface area contributed by atoms with Gasteiger partial charge in [-0.3, -0.25) is 19.2 Å². The minimum atomic E-state index is -1.10. The Morgan fingerprint density at radius 2 is 1.36 bits per heavy atom. The normalized spacial score (nSPS) is 11.0. The molecule has 4 aromatic rings. The number of halogens is 2. The van der Waals surface area contributed by atoms with Gasteiger partial charge in [-0.1, -0.05) is 6.58 Å². The summed E-state index contributed by atoms with van der Waals surface area (Å²) >= 11 is 2.15. The maximum Gasteiger partial charge on any atom is 0.306 e. The molecule has 2 aromatic heterocycles. The number of hydrogen-bond donors (Lipinski definition) is 1. The first kappa shape index (κ1) is 33.5. The molecule has 0 saturated heterocycles. The Morgan fingerprint density at radius 1 is 0.822 bits per heavy atom. The highest BCUT2D eigenvalue weighted by atomic mass is 32.1. The molecule has 0 aliphatic heterocycles. The molecule has 0 bridgehead atoms. The number of rotatable bonds is 16. The lowest BCUT2D eigenvalue weighted by molar-refractivity contribution is -0.143. The number of Topliss-reactive ketones (excluding diaryl/α,β-unsaturated/α-hetero) is 2. The summed E-state index contributed by atoms with van der Waals surface area (Å²) in [7, 11) is 1.34. The van der Waals surface area contributed by atoms with Crippen molar-refractivity contribution < 1.29 is 52.0 Å². The van der Waals surface area contributed by atoms with Crippen LogP contribution in [0, 0.1) is 18.6 Å². The first-order valence-electron chi connectivity index (χ1n) is 13.8. The number of ether oxygens (including phenoxy) is 4. The van der Waals surface area contributed by atoms with Crippen molar-refractivity contribution in [1.82, 2.24) is 0 Å². The standard InChI is InChI=1S/C32H30F2O9S2/c1-5-41-28(39)9-7-21(36)26-11-18-23(44-26)10-17(3)31(29(18)33)42-14-16(2)15-43-32-22(40-4)13-24-19(30(32)34)12-25(45-24)20(35)6-8-27(37)38/h10-13H,2,5-9,14-15H2,1,3-4H3,(H,37,38). The maximum absolute atomic E-state index is 15.5. The van der Waals surface area contributed by atoms with Gasteiger partial charge in [0.25, 0.3) is 0 Å². The molecule has 0 aliphatic carbocycles. The Bertz CT molecular complexity index is 1810. The molecule has 9 nitrogen and oxygen atoms in total. The molecule has 0 amide bonds. The van der Waals surface area contributed by atoms with Crippen LogP contribution in [0.4, 0.5) is 8.78 Å². The molecular formula is C32H30F2O9S2. The zero-order chi connectivity index (χ0) is 32.8. The summed E-state index contributed by atoms with van der Waals surface area (Å²) in [6, 6.07) is 6.02. The zero-order valence-electron chi connectivity index (χ0n) is 24.8. The highest BCUT2D eigenvalue weighted by Gasteiger charge is 2.22. The second-order valence-corrected chi connectivity index (χ2v) is 12.1. The van der Waals surface area contributed by atoms with Crippen LogP contribution in [0.15, 0.2) is 36.4 Å². The summed E-state index contributed by atoms with van der Waals surface area (Å²) in [5.74, 6) is -3.86. The Kier molecular flexibility index (Phi) is 10.9. The third-order valence-electron chi connectivity index (χ3n) is 6.62. The van der Waals surface area contributed by atoms with Crippen LogP contribution in [0.25, 0.3) is 20.2 Å². The molecule has 0 unspecified atom stereocenters. The molecular weight excluding hydrogens is 630 g/mol. The van der Waals surface area contributed by atoms with E-state index < -0.39 is 29.4 Å². The molecule has 4 rings (SSSR count). The Balaban J connectivity index is 1.43. The second kappa shape index (κ2) is 14.6. The molecule has 45 heavy (non-hydrogen) atoms. The first-order chi connectivity index (χ1) is 21.4. The van der Waals surface area contributed by atoms with Crippen LogP contribution in [-0.2, 0) is 14.3 Å². The van der Waals surface area contributed by atoms with E-state index in [0.29, 0.717) is 25.4 Å². The van der Waals surface area contributed by atoms with E-state index >= 15 is 8.78 Å². The van der Waals surface area contributed by atoms with Gasteiger partial charge in [-0.2, -0.15) is 0 Å². The van der Waals surface area contributed by atoms with E-state index in [9.17, 15) is 19.2 Å². The summed E-state index contributed by atoms with van der Waals surface area (Å²) < 4.78 is 53.5. The van der Waals surface area contributed by atoms with Crippen molar-refractivity contribution in [3.63, 3.8) is 0 Å². The van der Waals surface area contributed by atoms with E-state index in [0.717, 1.165) is 22.7 Å². The fourth-order valence-electron chi connectivity index (χ4n) is 4.38. The van der Waals surface area contributed by atoms with Crippen molar-refractivity contribution in [2.24, 2.45) is 0 Å². The average molecular weight is 661 g/mol. The molecule has 0 atom stereocenters. The van der Waals surface area contributed by atoms with E-state index in [4.69, 9.17) is 24.1 Å². The van der Waals surface area contributed by atoms with Gasteiger partial charge >= 0.3 is 11.9 Å². The molecule has 238 valence electrons. The van der Waals surface area contributed by atoms with E-state index in [1.54, 1.807) is 19.9 Å². The van der Waals surface area contributed by atoms with Crippen molar-refractivity contribution in [3.05, 3.63) is 63.4 Å². The molecule has 0 saturated carbocycles. The number of fused-ring (bicyclic) bond motifs is 2. The van der Waals surface area contributed by atoms with Crippen molar-refractivity contribution >= 4 is 66.4 Å². The highest BCUT2D eigenvalue weighted by molar-refractivity contribution is 7.21. The van der Waals surface area contributed by atoms with Gasteiger partial charge in [0.1, 0.15) is 13.2 Å². The number of thiophene rings is 2. The fourth-order valence-corrected chi connectivity index (χ4v) is 6.56. The van der Waals surface area contributed by atoms with Crippen molar-refractivity contribution in [3.8, 4) is 17.2 Å². The van der Waals surface area contributed by atoms with Crippen LogP contribution in [0.1, 0.15) is 57.5 Å². The van der Waals surface area contributed by atoms with Gasteiger partial charge in [0, 0.05) is 39.1 Å². The van der Waals surface area contributed by atoms with Crippen LogP contribution in [0.5, 0.6) is 17.2 Å². The van der Waals surface area contributed by atoms with Gasteiger partial charge in [0.05, 0.1) is 36.3 Å². The number of hydrogen-bond acceptors (Lipinski definition) is 10. The number of esters is 1. The Morgan fingerprint density at radius 3 is 1.91 bits per heavy atom. The number of carboxylic acids is 1. The Labute approximate surface area is 265 Å². The molecule has 0 radical (unpaired) electrons. The first-order valence-corrected chi connectivity index (χ1v) is 15.4. The monoisotopic (exact) mass is 660 g/mol. The number of ketones is 2. The van der Waals surface area contributed by atoms with E-state index in [1.165, 1.54) is 25.3 Å². The molecule has 13 heteroatoms. The summed E-state index contributed by atoms with van der Waals surface area (Å²) in [4.78, 5) is 47.9. The van der Waals surface area contributed by atoms with E-state index in [1.807, 2.05) is 0 Å². The lowest BCUT2D eigenvalue weighted by atomic mass is 10.1. The maximum atomic E-state index is 15.5. The molecule has 1 N–H and O–H groups in total. The van der Waals surface area contributed by atoms with Gasteiger partial charge in [-0.25, -0.2) is 8.78 Å². The molecule has 0 aliphatic rings. The van der Waals surface area contributed by atoms with Gasteiger partial charge < -0.3 is 24.1 Å². The van der Waals surface area contributed by atoms with Crippen molar-refractivity contribution in [2.45, 2.75) is 39.5 Å². The van der Waals surface area contributed by atoms with E-state index in [-0.39, 0.29) is 84.2 Å². The minimum absolute atomic E-state index is 0.0319. The third kappa shape index (κ3) is 7.84. The quantitative estimate of drug-likeness (QED) is 0.0749. The topological polar surface area (TPSA) is 125 Å². The van der Waals surface area contributed by atoms with Crippen LogP contribution in [-0.4, -0.2) is 55.5 Å². The molecule has 0 fully saturated rings. The number of aryl methyl sites for hydroxylation is 1. The van der Waals surface area contributed by atoms with Gasteiger partial charge in [-0.05, 0) is 43.2 Å². The van der Waals surface area contributed by atoms with Crippen molar-refractivity contribution in [1.29, 1.82) is 0 Å². The lowest BCUT2D eigenvalue weighted by Gasteiger charge is -2.15. The smallest absolute Gasteiger partial charge is 0.306 e. The van der Waals surface area contributed by atoms with Crippen LogP contribution >= 0.6 is 22.7 Å². The predicted octanol–water partition coefficient (Wildman–Crippen LogP) is 7.30. The summed E-state index contributed by atoms with van der Waals surface area (Å²) in [6.45, 7) is 7.09. The summed E-state index contributed by atoms with van der Waals surface area (Å²) in [5, 5.41) is 9.17. The SMILES string of the molecule is C=C(COc1c(C)cc2sc(C(=O)CCC(=O)OCC)cc2c1F)COc1c(OC)cc2sc(C(=O)CCC(=O)O)cc2c1F. The summed E-state index contributed by atoms with van der Waals surface area (Å²) in [5.41, 5.74) is 0.843. The lowest BCUT2D eigenvalue weighted by Crippen LogP contribution is -2.11. The van der Waals surface area contributed by atoms with Crippen LogP contribution in [0.3, 0.4) is 0 Å². The molecule has 2 heterocycles. The number of aliphatic carboxylic acids is 1. The zero-order valence-corrected chi connectivity index (χ0v) is 26.4. The number of methoxy groups -OCH3 is 1. The molecule has 2 aromatic carbocycles. The number of carboxylic acid groups (broad SMARTS) is 1. The highest BCUT2D eigenvalue weighted by Crippen LogP contribution is 2.41. The predicted molar refractivity (Wildman–Crippen MR) is 166 cm³/mol. The van der Waals surface area contributed by atoms with Gasteiger partial charge in [0.2, 0.25) is 0 Å². The number of carbonyl (C=O) groups is 4. The largest absolute Gasteiger partial charge is 0.493 e. The number of benzene rings is 2. The third-order valence-corrected chi connectivity index (χ3v) is 8.87. The fraction of sp³-hybridized carbons (Fsp3) is 0.312. The minimum Gasteiger partial charge on any atom is -0.493 e. The average Bonchev–Trinajstić information content (AvgIpc) is 3.63. The summed E-state index contributed by atoms with van der Waals surface area (Å²) in [6.07, 6.45) is -0.652. The van der Waals surface area contributed by atoms with Crippen molar-refractivity contribution in [2.75, 3.05) is 26.9 Å².